The second kappa shape index (κ2) is 7.32. The van der Waals surface area contributed by atoms with Crippen LogP contribution in [0.4, 0.5) is 5.69 Å². The molecule has 1 saturated carbocycles. The largest absolute Gasteiger partial charge is 0.382 e. The van der Waals surface area contributed by atoms with E-state index in [1.165, 1.54) is 0 Å². The van der Waals surface area contributed by atoms with E-state index in [0.717, 1.165) is 73.5 Å². The Balaban J connectivity index is 1.29. The molecule has 1 N–H and O–H groups in total. The SMILES string of the molecule is N#CC1(c2ccncc2)CCC(Nc2cccc(-c3nnc4n3CCC4)c2)CC1. The van der Waals surface area contributed by atoms with Gasteiger partial charge in [-0.25, -0.2) is 0 Å². The van der Waals surface area contributed by atoms with Gasteiger partial charge in [0.25, 0.3) is 0 Å². The molecule has 0 unspecified atom stereocenters. The summed E-state index contributed by atoms with van der Waals surface area (Å²) in [6, 6.07) is 15.4. The second-order valence-electron chi connectivity index (χ2n) is 8.12. The molecule has 3 heterocycles. The lowest BCUT2D eigenvalue weighted by Crippen LogP contribution is -2.35. The van der Waals surface area contributed by atoms with E-state index >= 15 is 0 Å². The van der Waals surface area contributed by atoms with Crippen LogP contribution in [-0.4, -0.2) is 25.8 Å². The average Bonchev–Trinajstić information content (AvgIpc) is 3.39. The van der Waals surface area contributed by atoms with Crippen molar-refractivity contribution in [3.05, 3.63) is 60.2 Å². The maximum Gasteiger partial charge on any atom is 0.164 e. The van der Waals surface area contributed by atoms with Crippen molar-refractivity contribution in [2.45, 2.75) is 56.5 Å². The van der Waals surface area contributed by atoms with Gasteiger partial charge in [0.1, 0.15) is 5.82 Å². The zero-order chi connectivity index (χ0) is 19.7. The molecule has 1 aromatic carbocycles. The quantitative estimate of drug-likeness (QED) is 0.732. The minimum absolute atomic E-state index is 0.373. The number of pyridine rings is 1. The van der Waals surface area contributed by atoms with Crippen molar-refractivity contribution in [2.24, 2.45) is 0 Å². The highest BCUT2D eigenvalue weighted by Gasteiger charge is 2.37. The summed E-state index contributed by atoms with van der Waals surface area (Å²) in [5.74, 6) is 2.06. The number of benzene rings is 1. The molecule has 1 fully saturated rings. The first-order valence-electron chi connectivity index (χ1n) is 10.4. The van der Waals surface area contributed by atoms with Crippen molar-refractivity contribution >= 4 is 5.69 Å². The summed E-state index contributed by atoms with van der Waals surface area (Å²) in [7, 11) is 0. The van der Waals surface area contributed by atoms with E-state index in [2.05, 4.69) is 55.4 Å². The van der Waals surface area contributed by atoms with E-state index in [1.54, 1.807) is 12.4 Å². The Morgan fingerprint density at radius 2 is 1.93 bits per heavy atom. The van der Waals surface area contributed by atoms with Crippen molar-refractivity contribution in [1.82, 2.24) is 19.7 Å². The summed E-state index contributed by atoms with van der Waals surface area (Å²) in [6.45, 7) is 1.00. The molecule has 0 saturated heterocycles. The van der Waals surface area contributed by atoms with E-state index in [0.29, 0.717) is 6.04 Å². The van der Waals surface area contributed by atoms with Crippen LogP contribution in [0, 0.1) is 11.3 Å². The number of hydrogen-bond donors (Lipinski definition) is 1. The summed E-state index contributed by atoms with van der Waals surface area (Å²) < 4.78 is 2.23. The smallest absolute Gasteiger partial charge is 0.164 e. The lowest BCUT2D eigenvalue weighted by atomic mass is 9.69. The van der Waals surface area contributed by atoms with Crippen molar-refractivity contribution < 1.29 is 0 Å². The first kappa shape index (κ1) is 17.9. The molecule has 2 aromatic heterocycles. The fraction of sp³-hybridized carbons (Fsp3) is 0.391. The third kappa shape index (κ3) is 3.27. The molecular weight excluding hydrogens is 360 g/mol. The normalized spacial score (nSPS) is 23.3. The van der Waals surface area contributed by atoms with Crippen LogP contribution in [0.1, 0.15) is 43.5 Å². The maximum atomic E-state index is 9.88. The Labute approximate surface area is 170 Å². The van der Waals surface area contributed by atoms with Crippen LogP contribution in [0.5, 0.6) is 0 Å². The van der Waals surface area contributed by atoms with Crippen molar-refractivity contribution in [1.29, 1.82) is 5.26 Å². The molecule has 29 heavy (non-hydrogen) atoms. The van der Waals surface area contributed by atoms with Crippen LogP contribution in [0.25, 0.3) is 11.4 Å². The van der Waals surface area contributed by atoms with E-state index in [9.17, 15) is 5.26 Å². The molecule has 0 spiro atoms. The lowest BCUT2D eigenvalue weighted by Gasteiger charge is -2.36. The maximum absolute atomic E-state index is 9.88. The second-order valence-corrected chi connectivity index (χ2v) is 8.12. The van der Waals surface area contributed by atoms with Crippen LogP contribution in [0.3, 0.4) is 0 Å². The molecule has 1 aliphatic carbocycles. The lowest BCUT2D eigenvalue weighted by molar-refractivity contribution is 0.344. The van der Waals surface area contributed by atoms with Gasteiger partial charge >= 0.3 is 0 Å². The fourth-order valence-corrected chi connectivity index (χ4v) is 4.74. The van der Waals surface area contributed by atoms with Crippen LogP contribution in [-0.2, 0) is 18.4 Å². The highest BCUT2D eigenvalue weighted by atomic mass is 15.3. The summed E-state index contributed by atoms with van der Waals surface area (Å²) in [5.41, 5.74) is 2.92. The van der Waals surface area contributed by atoms with Gasteiger partial charge in [-0.3, -0.25) is 4.98 Å². The first-order chi connectivity index (χ1) is 14.3. The topological polar surface area (TPSA) is 79.4 Å². The van der Waals surface area contributed by atoms with Gasteiger partial charge < -0.3 is 9.88 Å². The molecule has 5 rings (SSSR count). The molecule has 0 radical (unpaired) electrons. The number of anilines is 1. The number of nitrogens with one attached hydrogen (secondary N) is 1. The summed E-state index contributed by atoms with van der Waals surface area (Å²) in [6.07, 6.45) is 9.41. The molecule has 0 bridgehead atoms. The fourth-order valence-electron chi connectivity index (χ4n) is 4.74. The van der Waals surface area contributed by atoms with Crippen molar-refractivity contribution in [3.8, 4) is 17.5 Å². The number of rotatable bonds is 4. The molecule has 0 atom stereocenters. The summed E-state index contributed by atoms with van der Waals surface area (Å²) >= 11 is 0. The van der Waals surface area contributed by atoms with Gasteiger partial charge in [-0.05, 0) is 61.9 Å². The highest BCUT2D eigenvalue weighted by Crippen LogP contribution is 2.39. The predicted octanol–water partition coefficient (Wildman–Crippen LogP) is 4.10. The number of hydrogen-bond acceptors (Lipinski definition) is 5. The molecule has 2 aliphatic rings. The summed E-state index contributed by atoms with van der Waals surface area (Å²) in [4.78, 5) is 4.09. The Bertz CT molecular complexity index is 1040. The summed E-state index contributed by atoms with van der Waals surface area (Å²) in [5, 5.41) is 22.3. The molecule has 146 valence electrons. The first-order valence-corrected chi connectivity index (χ1v) is 10.4. The van der Waals surface area contributed by atoms with Crippen LogP contribution in [0.15, 0.2) is 48.8 Å². The van der Waals surface area contributed by atoms with E-state index in [-0.39, 0.29) is 5.41 Å². The van der Waals surface area contributed by atoms with E-state index in [4.69, 9.17) is 0 Å². The van der Waals surface area contributed by atoms with Crippen LogP contribution >= 0.6 is 0 Å². The predicted molar refractivity (Wildman–Crippen MR) is 111 cm³/mol. The zero-order valence-corrected chi connectivity index (χ0v) is 16.4. The average molecular weight is 384 g/mol. The minimum atomic E-state index is -0.384. The monoisotopic (exact) mass is 384 g/mol. The Hall–Kier alpha value is -3.20. The van der Waals surface area contributed by atoms with E-state index < -0.39 is 0 Å². The van der Waals surface area contributed by atoms with E-state index in [1.807, 2.05) is 12.1 Å². The van der Waals surface area contributed by atoms with Crippen molar-refractivity contribution in [3.63, 3.8) is 0 Å². The number of fused-ring (bicyclic) bond motifs is 1. The number of aryl methyl sites for hydroxylation is 1. The number of aromatic nitrogens is 4. The van der Waals surface area contributed by atoms with Gasteiger partial charge in [0.15, 0.2) is 5.82 Å². The Morgan fingerprint density at radius 3 is 2.72 bits per heavy atom. The standard InChI is InChI=1S/C23H24N6/c24-16-23(18-8-12-25-13-9-18)10-6-19(7-11-23)26-20-4-1-3-17(15-20)22-28-27-21-5-2-14-29(21)22/h1,3-4,8-9,12-13,15,19,26H,2,5-7,10-11,14H2. The molecule has 0 amide bonds. The van der Waals surface area contributed by atoms with Gasteiger partial charge in [0.05, 0.1) is 11.5 Å². The van der Waals surface area contributed by atoms with Gasteiger partial charge in [0, 0.05) is 42.7 Å². The highest BCUT2D eigenvalue weighted by molar-refractivity contribution is 5.63. The third-order valence-electron chi connectivity index (χ3n) is 6.39. The third-order valence-corrected chi connectivity index (χ3v) is 6.39. The minimum Gasteiger partial charge on any atom is -0.382 e. The molecular formula is C23H24N6. The number of nitrogens with zero attached hydrogens (tertiary/aromatic N) is 5. The molecule has 6 heteroatoms. The van der Waals surface area contributed by atoms with Crippen LogP contribution < -0.4 is 5.32 Å². The van der Waals surface area contributed by atoms with Crippen molar-refractivity contribution in [2.75, 3.05) is 5.32 Å². The molecule has 6 nitrogen and oxygen atoms in total. The number of nitriles is 1. The zero-order valence-electron chi connectivity index (χ0n) is 16.4. The Morgan fingerprint density at radius 1 is 1.10 bits per heavy atom. The van der Waals surface area contributed by atoms with Gasteiger partial charge in [-0.2, -0.15) is 5.26 Å². The Kier molecular flexibility index (Phi) is 4.51. The van der Waals surface area contributed by atoms with Crippen LogP contribution in [0.2, 0.25) is 0 Å². The van der Waals surface area contributed by atoms with Gasteiger partial charge in [0.2, 0.25) is 0 Å². The van der Waals surface area contributed by atoms with Gasteiger partial charge in [-0.1, -0.05) is 12.1 Å². The molecule has 1 aliphatic heterocycles. The molecule has 3 aromatic rings. The van der Waals surface area contributed by atoms with Gasteiger partial charge in [-0.15, -0.1) is 10.2 Å².